The van der Waals surface area contributed by atoms with Crippen LogP contribution in [-0.2, 0) is 4.79 Å². The number of aromatic nitrogens is 1. The molecule has 3 rings (SSSR count). The molecule has 0 saturated carbocycles. The van der Waals surface area contributed by atoms with Gasteiger partial charge in [-0.25, -0.2) is 0 Å². The third-order valence-electron chi connectivity index (χ3n) is 3.76. The Morgan fingerprint density at radius 1 is 1.12 bits per heavy atom. The Hall–Kier alpha value is -2.60. The number of carbonyl (C=O) groups excluding carboxylic acids is 1. The largest absolute Gasteiger partial charge is 0.484 e. The zero-order chi connectivity index (χ0) is 17.8. The van der Waals surface area contributed by atoms with Crippen molar-refractivity contribution in [2.24, 2.45) is 0 Å². The molecule has 1 aromatic heterocycles. The summed E-state index contributed by atoms with van der Waals surface area (Å²) in [5, 5.41) is 6.60. The lowest BCUT2D eigenvalue weighted by atomic mass is 10.1. The Bertz CT molecular complexity index is 888. The highest BCUT2D eigenvalue weighted by Gasteiger charge is 2.10. The molecule has 128 valence electrons. The molecular weight excluding hydrogens is 384 g/mol. The van der Waals surface area contributed by atoms with Crippen molar-refractivity contribution in [3.05, 3.63) is 64.1 Å². The molecule has 0 atom stereocenters. The molecular formula is C19H17BrN2O3. The van der Waals surface area contributed by atoms with Gasteiger partial charge in [0.2, 0.25) is 5.88 Å². The predicted molar refractivity (Wildman–Crippen MR) is 99.7 cm³/mol. The van der Waals surface area contributed by atoms with E-state index >= 15 is 0 Å². The molecule has 0 aliphatic carbocycles. The van der Waals surface area contributed by atoms with Crippen LogP contribution in [0.25, 0.3) is 11.3 Å². The number of nitrogens with one attached hydrogen (secondary N) is 1. The van der Waals surface area contributed by atoms with Crippen molar-refractivity contribution in [1.29, 1.82) is 0 Å². The summed E-state index contributed by atoms with van der Waals surface area (Å²) in [6.45, 7) is 3.93. The minimum Gasteiger partial charge on any atom is -0.484 e. The zero-order valence-corrected chi connectivity index (χ0v) is 15.5. The van der Waals surface area contributed by atoms with Gasteiger partial charge in [0.05, 0.1) is 0 Å². The lowest BCUT2D eigenvalue weighted by molar-refractivity contribution is -0.118. The van der Waals surface area contributed by atoms with Crippen LogP contribution in [0, 0.1) is 13.8 Å². The summed E-state index contributed by atoms with van der Waals surface area (Å²) in [5.41, 5.74) is 3.85. The second-order valence-corrected chi connectivity index (χ2v) is 6.58. The molecule has 1 N–H and O–H groups in total. The van der Waals surface area contributed by atoms with E-state index in [0.29, 0.717) is 11.4 Å². The Morgan fingerprint density at radius 3 is 2.60 bits per heavy atom. The third-order valence-corrected chi connectivity index (χ3v) is 4.29. The summed E-state index contributed by atoms with van der Waals surface area (Å²) in [7, 11) is 0. The molecule has 25 heavy (non-hydrogen) atoms. The SMILES string of the molecule is Cc1ccc(OCC(=O)Nc2cc(-c3ccc(Br)cc3)no2)cc1C. The highest BCUT2D eigenvalue weighted by Crippen LogP contribution is 2.23. The molecule has 1 heterocycles. The van der Waals surface area contributed by atoms with Gasteiger partial charge in [-0.1, -0.05) is 39.3 Å². The van der Waals surface area contributed by atoms with E-state index in [0.717, 1.165) is 15.6 Å². The molecule has 0 aliphatic heterocycles. The Labute approximate surface area is 154 Å². The van der Waals surface area contributed by atoms with Gasteiger partial charge in [-0.05, 0) is 49.2 Å². The lowest BCUT2D eigenvalue weighted by Gasteiger charge is -2.07. The topological polar surface area (TPSA) is 64.4 Å². The van der Waals surface area contributed by atoms with Crippen LogP contribution in [0.2, 0.25) is 0 Å². The number of hydrogen-bond donors (Lipinski definition) is 1. The van der Waals surface area contributed by atoms with Gasteiger partial charge < -0.3 is 9.26 Å². The van der Waals surface area contributed by atoms with E-state index in [1.807, 2.05) is 56.3 Å². The van der Waals surface area contributed by atoms with E-state index < -0.39 is 0 Å². The normalized spacial score (nSPS) is 10.5. The predicted octanol–water partition coefficient (Wildman–Crippen LogP) is 4.74. The van der Waals surface area contributed by atoms with Crippen LogP contribution in [-0.4, -0.2) is 17.7 Å². The van der Waals surface area contributed by atoms with E-state index in [1.165, 1.54) is 5.56 Å². The number of amides is 1. The van der Waals surface area contributed by atoms with E-state index in [-0.39, 0.29) is 18.4 Å². The summed E-state index contributed by atoms with van der Waals surface area (Å²) in [4.78, 5) is 12.0. The molecule has 0 fully saturated rings. The quantitative estimate of drug-likeness (QED) is 0.671. The second-order valence-electron chi connectivity index (χ2n) is 5.67. The third kappa shape index (κ3) is 4.48. The average Bonchev–Trinajstić information content (AvgIpc) is 3.05. The van der Waals surface area contributed by atoms with E-state index in [2.05, 4.69) is 26.4 Å². The van der Waals surface area contributed by atoms with Crippen molar-refractivity contribution >= 4 is 27.7 Å². The number of ether oxygens (including phenoxy) is 1. The van der Waals surface area contributed by atoms with Crippen LogP contribution in [0.5, 0.6) is 5.75 Å². The summed E-state index contributed by atoms with van der Waals surface area (Å²) in [6.07, 6.45) is 0. The molecule has 0 radical (unpaired) electrons. The maximum atomic E-state index is 12.0. The van der Waals surface area contributed by atoms with Crippen molar-refractivity contribution in [2.75, 3.05) is 11.9 Å². The standard InChI is InChI=1S/C19H17BrN2O3/c1-12-3-8-16(9-13(12)2)24-11-18(23)21-19-10-17(22-25-19)14-4-6-15(20)7-5-14/h3-10H,11H2,1-2H3,(H,21,23). The number of rotatable bonds is 5. The number of nitrogens with zero attached hydrogens (tertiary/aromatic N) is 1. The monoisotopic (exact) mass is 400 g/mol. The van der Waals surface area contributed by atoms with Gasteiger partial charge in [-0.3, -0.25) is 10.1 Å². The fourth-order valence-electron chi connectivity index (χ4n) is 2.22. The number of benzene rings is 2. The van der Waals surface area contributed by atoms with Gasteiger partial charge in [0.1, 0.15) is 11.4 Å². The average molecular weight is 401 g/mol. The zero-order valence-electron chi connectivity index (χ0n) is 13.9. The van der Waals surface area contributed by atoms with E-state index in [4.69, 9.17) is 9.26 Å². The van der Waals surface area contributed by atoms with Crippen molar-refractivity contribution < 1.29 is 14.1 Å². The van der Waals surface area contributed by atoms with Crippen LogP contribution in [0.15, 0.2) is 57.5 Å². The number of hydrogen-bond acceptors (Lipinski definition) is 4. The Balaban J connectivity index is 1.58. The maximum absolute atomic E-state index is 12.0. The minimum atomic E-state index is -0.309. The summed E-state index contributed by atoms with van der Waals surface area (Å²) in [6, 6.07) is 15.0. The molecule has 0 bridgehead atoms. The first kappa shape index (κ1) is 17.2. The van der Waals surface area contributed by atoms with E-state index in [9.17, 15) is 4.79 Å². The van der Waals surface area contributed by atoms with Gasteiger partial charge in [0.25, 0.3) is 5.91 Å². The van der Waals surface area contributed by atoms with Crippen molar-refractivity contribution in [3.8, 4) is 17.0 Å². The van der Waals surface area contributed by atoms with Crippen LogP contribution < -0.4 is 10.1 Å². The van der Waals surface area contributed by atoms with Gasteiger partial charge in [-0.15, -0.1) is 0 Å². The number of halogens is 1. The van der Waals surface area contributed by atoms with Gasteiger partial charge in [0, 0.05) is 16.1 Å². The first-order chi connectivity index (χ1) is 12.0. The molecule has 0 aliphatic rings. The highest BCUT2D eigenvalue weighted by atomic mass is 79.9. The molecule has 2 aromatic carbocycles. The second kappa shape index (κ2) is 7.53. The van der Waals surface area contributed by atoms with Crippen molar-refractivity contribution in [1.82, 2.24) is 5.16 Å². The molecule has 3 aromatic rings. The minimum absolute atomic E-state index is 0.100. The molecule has 0 spiro atoms. The molecule has 0 saturated heterocycles. The smallest absolute Gasteiger partial charge is 0.264 e. The van der Waals surface area contributed by atoms with Crippen LogP contribution in [0.3, 0.4) is 0 Å². The first-order valence-corrected chi connectivity index (χ1v) is 8.53. The number of aryl methyl sites for hydroxylation is 2. The maximum Gasteiger partial charge on any atom is 0.264 e. The summed E-state index contributed by atoms with van der Waals surface area (Å²) < 4.78 is 11.6. The fourth-order valence-corrected chi connectivity index (χ4v) is 2.48. The highest BCUT2D eigenvalue weighted by molar-refractivity contribution is 9.10. The molecule has 5 nitrogen and oxygen atoms in total. The first-order valence-electron chi connectivity index (χ1n) is 7.74. The number of carbonyl (C=O) groups is 1. The molecule has 6 heteroatoms. The van der Waals surface area contributed by atoms with E-state index in [1.54, 1.807) is 6.07 Å². The fraction of sp³-hybridized carbons (Fsp3) is 0.158. The van der Waals surface area contributed by atoms with Gasteiger partial charge in [-0.2, -0.15) is 0 Å². The van der Waals surface area contributed by atoms with Crippen molar-refractivity contribution in [2.45, 2.75) is 13.8 Å². The van der Waals surface area contributed by atoms with Crippen LogP contribution >= 0.6 is 15.9 Å². The van der Waals surface area contributed by atoms with Crippen LogP contribution in [0.1, 0.15) is 11.1 Å². The van der Waals surface area contributed by atoms with Gasteiger partial charge in [0.15, 0.2) is 6.61 Å². The molecule has 0 unspecified atom stereocenters. The lowest BCUT2D eigenvalue weighted by Crippen LogP contribution is -2.19. The Kier molecular flexibility index (Phi) is 5.19. The van der Waals surface area contributed by atoms with Crippen LogP contribution in [0.4, 0.5) is 5.88 Å². The summed E-state index contributed by atoms with van der Waals surface area (Å²) in [5.74, 6) is 0.634. The molecule has 1 amide bonds. The van der Waals surface area contributed by atoms with Gasteiger partial charge >= 0.3 is 0 Å². The Morgan fingerprint density at radius 2 is 1.88 bits per heavy atom. The van der Waals surface area contributed by atoms with Crippen molar-refractivity contribution in [3.63, 3.8) is 0 Å². The number of anilines is 1. The summed E-state index contributed by atoms with van der Waals surface area (Å²) >= 11 is 3.39.